The van der Waals surface area contributed by atoms with Crippen molar-refractivity contribution in [3.63, 3.8) is 0 Å². The Balaban J connectivity index is 1.71. The Morgan fingerprint density at radius 3 is 2.79 bits per heavy atom. The summed E-state index contributed by atoms with van der Waals surface area (Å²) in [5.74, 6) is -0.571. The van der Waals surface area contributed by atoms with E-state index >= 15 is 0 Å². The van der Waals surface area contributed by atoms with Gasteiger partial charge in [-0.2, -0.15) is 0 Å². The van der Waals surface area contributed by atoms with Gasteiger partial charge in [-0.15, -0.1) is 5.10 Å². The molecule has 0 spiro atoms. The maximum atomic E-state index is 12.4. The van der Waals surface area contributed by atoms with Gasteiger partial charge in [0.1, 0.15) is 12.1 Å². The monoisotopic (exact) mass is 330 g/mol. The van der Waals surface area contributed by atoms with Crippen LogP contribution in [0.2, 0.25) is 0 Å². The SMILES string of the molecule is CC(C)N1CC(NC(=O)c2ccc(-n3cnnn3)cc2O)CC1=O. The van der Waals surface area contributed by atoms with Crippen molar-refractivity contribution in [1.82, 2.24) is 30.4 Å². The Morgan fingerprint density at radius 2 is 2.21 bits per heavy atom. The summed E-state index contributed by atoms with van der Waals surface area (Å²) < 4.78 is 1.37. The van der Waals surface area contributed by atoms with Gasteiger partial charge in [0.05, 0.1) is 17.3 Å². The molecular weight excluding hydrogens is 312 g/mol. The molecule has 24 heavy (non-hydrogen) atoms. The molecule has 2 aromatic rings. The maximum Gasteiger partial charge on any atom is 0.255 e. The third-order valence-corrected chi connectivity index (χ3v) is 3.96. The van der Waals surface area contributed by atoms with Gasteiger partial charge in [-0.1, -0.05) is 0 Å². The van der Waals surface area contributed by atoms with Crippen LogP contribution in [0.15, 0.2) is 24.5 Å². The third-order valence-electron chi connectivity index (χ3n) is 3.96. The summed E-state index contributed by atoms with van der Waals surface area (Å²) in [6, 6.07) is 4.38. The number of aromatic hydroxyl groups is 1. The molecule has 0 radical (unpaired) electrons. The number of likely N-dealkylation sites (tertiary alicyclic amines) is 1. The minimum atomic E-state index is -0.417. The van der Waals surface area contributed by atoms with E-state index in [0.29, 0.717) is 12.2 Å². The van der Waals surface area contributed by atoms with Crippen molar-refractivity contribution in [1.29, 1.82) is 0 Å². The van der Waals surface area contributed by atoms with Crippen LogP contribution in [0.4, 0.5) is 0 Å². The van der Waals surface area contributed by atoms with Crippen molar-refractivity contribution >= 4 is 11.8 Å². The second kappa shape index (κ2) is 6.26. The maximum absolute atomic E-state index is 12.4. The van der Waals surface area contributed by atoms with Crippen molar-refractivity contribution in [3.05, 3.63) is 30.1 Å². The summed E-state index contributed by atoms with van der Waals surface area (Å²) in [5.41, 5.74) is 0.679. The van der Waals surface area contributed by atoms with E-state index in [1.54, 1.807) is 11.0 Å². The number of nitrogens with one attached hydrogen (secondary N) is 1. The second-order valence-electron chi connectivity index (χ2n) is 5.97. The molecule has 0 bridgehead atoms. The quantitative estimate of drug-likeness (QED) is 0.822. The van der Waals surface area contributed by atoms with E-state index in [-0.39, 0.29) is 35.7 Å². The molecule has 2 N–H and O–H groups in total. The molecule has 9 nitrogen and oxygen atoms in total. The predicted octanol–water partition coefficient (Wildman–Crippen LogP) is 0.107. The third kappa shape index (κ3) is 3.05. The molecule has 126 valence electrons. The molecule has 1 atom stereocenters. The standard InChI is InChI=1S/C15H18N6O3/c1-9(2)20-7-10(5-14(20)23)17-15(24)12-4-3-11(6-13(12)22)21-8-16-18-19-21/h3-4,6,8-10,22H,5,7H2,1-2H3,(H,17,24). The zero-order valence-electron chi connectivity index (χ0n) is 13.4. The van der Waals surface area contributed by atoms with Crippen molar-refractivity contribution in [3.8, 4) is 11.4 Å². The first-order valence-corrected chi connectivity index (χ1v) is 7.62. The largest absolute Gasteiger partial charge is 0.507 e. The molecule has 9 heteroatoms. The van der Waals surface area contributed by atoms with E-state index in [1.807, 2.05) is 13.8 Å². The molecule has 1 saturated heterocycles. The average Bonchev–Trinajstić information content (AvgIpc) is 3.16. The van der Waals surface area contributed by atoms with E-state index in [4.69, 9.17) is 0 Å². The lowest BCUT2D eigenvalue weighted by atomic mass is 10.1. The molecule has 0 aliphatic carbocycles. The van der Waals surface area contributed by atoms with Crippen LogP contribution in [-0.2, 0) is 4.79 Å². The number of amides is 2. The van der Waals surface area contributed by atoms with Crippen LogP contribution in [0, 0.1) is 0 Å². The normalized spacial score (nSPS) is 17.5. The lowest BCUT2D eigenvalue weighted by molar-refractivity contribution is -0.129. The molecule has 1 aromatic carbocycles. The van der Waals surface area contributed by atoms with Crippen LogP contribution in [-0.4, -0.2) is 60.7 Å². The van der Waals surface area contributed by atoms with Gasteiger partial charge in [-0.05, 0) is 36.4 Å². The number of rotatable bonds is 4. The zero-order chi connectivity index (χ0) is 17.3. The molecule has 1 aliphatic heterocycles. The Labute approximate surface area is 138 Å². The summed E-state index contributed by atoms with van der Waals surface area (Å²) in [4.78, 5) is 26.0. The zero-order valence-corrected chi connectivity index (χ0v) is 13.4. The van der Waals surface area contributed by atoms with Gasteiger partial charge in [-0.3, -0.25) is 9.59 Å². The summed E-state index contributed by atoms with van der Waals surface area (Å²) in [5, 5.41) is 23.7. The number of carbonyl (C=O) groups excluding carboxylic acids is 2. The number of aromatic nitrogens is 4. The van der Waals surface area contributed by atoms with Gasteiger partial charge in [-0.25, -0.2) is 4.68 Å². The topological polar surface area (TPSA) is 113 Å². The molecule has 0 saturated carbocycles. The number of carbonyl (C=O) groups is 2. The highest BCUT2D eigenvalue weighted by Crippen LogP contribution is 2.22. The van der Waals surface area contributed by atoms with Crippen molar-refractivity contribution in [2.45, 2.75) is 32.4 Å². The Morgan fingerprint density at radius 1 is 1.42 bits per heavy atom. The fourth-order valence-corrected chi connectivity index (χ4v) is 2.72. The molecule has 1 unspecified atom stereocenters. The number of phenols is 1. The van der Waals surface area contributed by atoms with Gasteiger partial charge < -0.3 is 15.3 Å². The van der Waals surface area contributed by atoms with Crippen LogP contribution < -0.4 is 5.32 Å². The van der Waals surface area contributed by atoms with Crippen LogP contribution in [0.5, 0.6) is 5.75 Å². The molecule has 1 fully saturated rings. The highest BCUT2D eigenvalue weighted by molar-refractivity contribution is 5.97. The number of hydrogen-bond donors (Lipinski definition) is 2. The van der Waals surface area contributed by atoms with Crippen LogP contribution in [0.1, 0.15) is 30.6 Å². The predicted molar refractivity (Wildman–Crippen MR) is 83.5 cm³/mol. The van der Waals surface area contributed by atoms with Gasteiger partial charge >= 0.3 is 0 Å². The van der Waals surface area contributed by atoms with Gasteiger partial charge in [0.2, 0.25) is 5.91 Å². The summed E-state index contributed by atoms with van der Waals surface area (Å²) in [6.07, 6.45) is 1.66. The fraction of sp³-hybridized carbons (Fsp3) is 0.400. The van der Waals surface area contributed by atoms with Crippen molar-refractivity contribution in [2.24, 2.45) is 0 Å². The highest BCUT2D eigenvalue weighted by Gasteiger charge is 2.32. The number of benzene rings is 1. The number of phenolic OH excluding ortho intramolecular Hbond substituents is 1. The molecular formula is C15H18N6O3. The Bertz CT molecular complexity index is 759. The van der Waals surface area contributed by atoms with E-state index in [0.717, 1.165) is 0 Å². The minimum Gasteiger partial charge on any atom is -0.507 e. The Hall–Kier alpha value is -2.97. The molecule has 2 amide bonds. The minimum absolute atomic E-state index is 0.0218. The number of nitrogens with zero attached hydrogens (tertiary/aromatic N) is 5. The van der Waals surface area contributed by atoms with Crippen molar-refractivity contribution in [2.75, 3.05) is 6.54 Å². The van der Waals surface area contributed by atoms with E-state index in [1.165, 1.54) is 23.1 Å². The van der Waals surface area contributed by atoms with Crippen LogP contribution >= 0.6 is 0 Å². The first-order valence-electron chi connectivity index (χ1n) is 7.62. The number of tetrazole rings is 1. The molecule has 1 aromatic heterocycles. The van der Waals surface area contributed by atoms with Crippen molar-refractivity contribution < 1.29 is 14.7 Å². The van der Waals surface area contributed by atoms with E-state index < -0.39 is 5.91 Å². The summed E-state index contributed by atoms with van der Waals surface area (Å²) >= 11 is 0. The second-order valence-corrected chi connectivity index (χ2v) is 5.97. The average molecular weight is 330 g/mol. The number of hydrogen-bond acceptors (Lipinski definition) is 6. The summed E-state index contributed by atoms with van der Waals surface area (Å²) in [7, 11) is 0. The molecule has 1 aliphatic rings. The highest BCUT2D eigenvalue weighted by atomic mass is 16.3. The van der Waals surface area contributed by atoms with E-state index in [9.17, 15) is 14.7 Å². The fourth-order valence-electron chi connectivity index (χ4n) is 2.72. The first kappa shape index (κ1) is 15.9. The van der Waals surface area contributed by atoms with Crippen LogP contribution in [0.25, 0.3) is 5.69 Å². The lowest BCUT2D eigenvalue weighted by Crippen LogP contribution is -2.38. The first-order chi connectivity index (χ1) is 11.5. The smallest absolute Gasteiger partial charge is 0.255 e. The molecule has 2 heterocycles. The van der Waals surface area contributed by atoms with Gasteiger partial charge in [0, 0.05) is 25.1 Å². The van der Waals surface area contributed by atoms with E-state index in [2.05, 4.69) is 20.8 Å². The Kier molecular flexibility index (Phi) is 4.15. The van der Waals surface area contributed by atoms with Crippen LogP contribution in [0.3, 0.4) is 0 Å². The lowest BCUT2D eigenvalue weighted by Gasteiger charge is -2.21. The molecule has 3 rings (SSSR count). The summed E-state index contributed by atoms with van der Waals surface area (Å²) in [6.45, 7) is 4.35. The van der Waals surface area contributed by atoms with Gasteiger partial charge in [0.25, 0.3) is 5.91 Å². The van der Waals surface area contributed by atoms with Gasteiger partial charge in [0.15, 0.2) is 0 Å².